The molecule has 0 aliphatic carbocycles. The molecule has 0 aliphatic rings. The first kappa shape index (κ1) is 19.0. The molecule has 0 unspecified atom stereocenters. The minimum absolute atomic E-state index is 0.247. The van der Waals surface area contributed by atoms with Gasteiger partial charge in [-0.3, -0.25) is 4.79 Å². The zero-order chi connectivity index (χ0) is 18.2. The lowest BCUT2D eigenvalue weighted by atomic mass is 9.98. The molecule has 128 valence electrons. The van der Waals surface area contributed by atoms with E-state index in [1.54, 1.807) is 0 Å². The van der Waals surface area contributed by atoms with Gasteiger partial charge in [0.05, 0.1) is 11.1 Å². The van der Waals surface area contributed by atoms with Gasteiger partial charge in [0.15, 0.2) is 40.7 Å². The van der Waals surface area contributed by atoms with Gasteiger partial charge in [0.2, 0.25) is 0 Å². The lowest BCUT2D eigenvalue weighted by Gasteiger charge is -2.10. The van der Waals surface area contributed by atoms with Crippen molar-refractivity contribution in [1.82, 2.24) is 0 Å². The molecule has 0 amide bonds. The van der Waals surface area contributed by atoms with Gasteiger partial charge >= 0.3 is 0 Å². The fourth-order valence-corrected chi connectivity index (χ4v) is 2.80. The molecule has 0 N–H and O–H groups in total. The molecule has 0 heterocycles. The van der Waals surface area contributed by atoms with Crippen molar-refractivity contribution in [3.05, 3.63) is 69.3 Å². The summed E-state index contributed by atoms with van der Waals surface area (Å²) in [4.78, 5) is 12.3. The van der Waals surface area contributed by atoms with E-state index in [4.69, 9.17) is 0 Å². The summed E-state index contributed by atoms with van der Waals surface area (Å²) in [5.74, 6) is -12.0. The van der Waals surface area contributed by atoms with Crippen LogP contribution < -0.4 is 0 Å². The summed E-state index contributed by atoms with van der Waals surface area (Å²) in [5.41, 5.74) is -2.76. The van der Waals surface area contributed by atoms with Crippen molar-refractivity contribution in [1.29, 1.82) is 0 Å². The molecule has 24 heavy (non-hydrogen) atoms. The molecular formula is C15H6Br2F6O. The Morgan fingerprint density at radius 3 is 1.29 bits per heavy atom. The van der Waals surface area contributed by atoms with Crippen LogP contribution in [0.4, 0.5) is 26.3 Å². The number of rotatable bonds is 4. The van der Waals surface area contributed by atoms with Gasteiger partial charge in [-0.2, -0.15) is 0 Å². The van der Waals surface area contributed by atoms with Crippen molar-refractivity contribution < 1.29 is 31.1 Å². The molecular weight excluding hydrogens is 470 g/mol. The van der Waals surface area contributed by atoms with Crippen molar-refractivity contribution in [2.45, 2.75) is 10.7 Å². The van der Waals surface area contributed by atoms with Crippen LogP contribution in [0.15, 0.2) is 12.1 Å². The van der Waals surface area contributed by atoms with Gasteiger partial charge in [-0.1, -0.05) is 31.9 Å². The van der Waals surface area contributed by atoms with E-state index in [2.05, 4.69) is 31.9 Å². The molecule has 0 radical (unpaired) electrons. The molecule has 0 aromatic heterocycles. The maximum atomic E-state index is 13.9. The first-order chi connectivity index (χ1) is 11.2. The minimum Gasteiger partial charge on any atom is -0.288 e. The first-order valence-corrected chi connectivity index (χ1v) is 8.48. The van der Waals surface area contributed by atoms with Gasteiger partial charge in [0.25, 0.3) is 0 Å². The average molecular weight is 476 g/mol. The van der Waals surface area contributed by atoms with Gasteiger partial charge < -0.3 is 0 Å². The van der Waals surface area contributed by atoms with E-state index >= 15 is 0 Å². The Kier molecular flexibility index (Phi) is 5.74. The van der Waals surface area contributed by atoms with Crippen LogP contribution >= 0.6 is 31.9 Å². The number of halogens is 8. The van der Waals surface area contributed by atoms with Crippen LogP contribution in [-0.4, -0.2) is 5.78 Å². The summed E-state index contributed by atoms with van der Waals surface area (Å²) in [6.45, 7) is 0. The second-order valence-corrected chi connectivity index (χ2v) is 5.77. The molecule has 2 rings (SSSR count). The standard InChI is InChI=1S/C15H6Br2F6O/c16-3-5-1-7(11(20)13(22)9(5)18)15(24)8-2-6(4-17)10(19)14(23)12(8)21/h1-2H,3-4H2. The lowest BCUT2D eigenvalue weighted by Crippen LogP contribution is -2.13. The quantitative estimate of drug-likeness (QED) is 0.245. The number of carbonyl (C=O) groups is 1. The van der Waals surface area contributed by atoms with Gasteiger partial charge in [0, 0.05) is 21.8 Å². The Labute approximate surface area is 148 Å². The number of carbonyl (C=O) groups excluding carboxylic acids is 1. The van der Waals surface area contributed by atoms with Crippen LogP contribution in [0.25, 0.3) is 0 Å². The van der Waals surface area contributed by atoms with Gasteiger partial charge in [-0.05, 0) is 12.1 Å². The zero-order valence-electron chi connectivity index (χ0n) is 11.5. The molecule has 0 fully saturated rings. The van der Waals surface area contributed by atoms with E-state index in [-0.39, 0.29) is 21.8 Å². The predicted molar refractivity (Wildman–Crippen MR) is 81.3 cm³/mol. The molecule has 0 saturated heterocycles. The Morgan fingerprint density at radius 1 is 0.667 bits per heavy atom. The molecule has 0 spiro atoms. The number of ketones is 1. The van der Waals surface area contributed by atoms with Crippen LogP contribution in [0.5, 0.6) is 0 Å². The smallest absolute Gasteiger partial charge is 0.199 e. The van der Waals surface area contributed by atoms with Crippen LogP contribution in [-0.2, 0) is 10.7 Å². The van der Waals surface area contributed by atoms with E-state index < -0.39 is 51.8 Å². The molecule has 0 aliphatic heterocycles. The summed E-state index contributed by atoms with van der Waals surface area (Å²) < 4.78 is 81.8. The maximum absolute atomic E-state index is 13.9. The second-order valence-electron chi connectivity index (χ2n) is 4.65. The Morgan fingerprint density at radius 2 is 1.00 bits per heavy atom. The largest absolute Gasteiger partial charge is 0.288 e. The third-order valence-electron chi connectivity index (χ3n) is 3.22. The molecule has 2 aromatic carbocycles. The number of benzene rings is 2. The number of hydrogen-bond donors (Lipinski definition) is 0. The van der Waals surface area contributed by atoms with E-state index in [1.165, 1.54) is 0 Å². The lowest BCUT2D eigenvalue weighted by molar-refractivity contribution is 0.102. The number of alkyl halides is 2. The summed E-state index contributed by atoms with van der Waals surface area (Å²) in [5, 5.41) is -0.494. The highest BCUT2D eigenvalue weighted by molar-refractivity contribution is 9.08. The van der Waals surface area contributed by atoms with Crippen molar-refractivity contribution in [2.24, 2.45) is 0 Å². The van der Waals surface area contributed by atoms with Crippen molar-refractivity contribution in [2.75, 3.05) is 0 Å². The SMILES string of the molecule is O=C(c1cc(CBr)c(F)c(F)c1F)c1cc(CBr)c(F)c(F)c1F. The minimum atomic E-state index is -1.92. The Balaban J connectivity index is 2.71. The molecule has 1 nitrogen and oxygen atoms in total. The third kappa shape index (κ3) is 3.11. The summed E-state index contributed by atoms with van der Waals surface area (Å²) in [7, 11) is 0. The molecule has 2 aromatic rings. The van der Waals surface area contributed by atoms with Crippen LogP contribution in [0, 0.1) is 34.9 Å². The second kappa shape index (κ2) is 7.26. The summed E-state index contributed by atoms with van der Waals surface area (Å²) in [6, 6.07) is 1.36. The van der Waals surface area contributed by atoms with Crippen molar-refractivity contribution >= 4 is 37.6 Å². The van der Waals surface area contributed by atoms with Crippen LogP contribution in [0.3, 0.4) is 0 Å². The molecule has 0 saturated carbocycles. The van der Waals surface area contributed by atoms with Crippen molar-refractivity contribution in [3.63, 3.8) is 0 Å². The van der Waals surface area contributed by atoms with Crippen molar-refractivity contribution in [3.8, 4) is 0 Å². The van der Waals surface area contributed by atoms with E-state index in [1.807, 2.05) is 0 Å². The highest BCUT2D eigenvalue weighted by Gasteiger charge is 2.28. The summed E-state index contributed by atoms with van der Waals surface area (Å²) in [6.07, 6.45) is 0. The maximum Gasteiger partial charge on any atom is 0.199 e. The van der Waals surface area contributed by atoms with E-state index in [0.29, 0.717) is 12.1 Å². The van der Waals surface area contributed by atoms with Gasteiger partial charge in [-0.25, -0.2) is 26.3 Å². The summed E-state index contributed by atoms with van der Waals surface area (Å²) >= 11 is 5.67. The molecule has 0 bridgehead atoms. The predicted octanol–water partition coefficient (Wildman–Crippen LogP) is 5.54. The molecule has 0 atom stereocenters. The fourth-order valence-electron chi connectivity index (χ4n) is 1.98. The number of hydrogen-bond acceptors (Lipinski definition) is 1. The highest BCUT2D eigenvalue weighted by Crippen LogP contribution is 2.27. The van der Waals surface area contributed by atoms with E-state index in [9.17, 15) is 31.1 Å². The van der Waals surface area contributed by atoms with E-state index in [0.717, 1.165) is 0 Å². The zero-order valence-corrected chi connectivity index (χ0v) is 14.7. The van der Waals surface area contributed by atoms with Crippen LogP contribution in [0.1, 0.15) is 27.0 Å². The topological polar surface area (TPSA) is 17.1 Å². The Bertz CT molecular complexity index is 770. The normalized spacial score (nSPS) is 11.0. The van der Waals surface area contributed by atoms with Gasteiger partial charge in [0.1, 0.15) is 0 Å². The first-order valence-electron chi connectivity index (χ1n) is 6.23. The highest BCUT2D eigenvalue weighted by atomic mass is 79.9. The fraction of sp³-hybridized carbons (Fsp3) is 0.133. The Hall–Kier alpha value is -1.35. The average Bonchev–Trinajstić information content (AvgIpc) is 2.58. The van der Waals surface area contributed by atoms with Crippen LogP contribution in [0.2, 0.25) is 0 Å². The monoisotopic (exact) mass is 474 g/mol. The third-order valence-corrected chi connectivity index (χ3v) is 4.43. The van der Waals surface area contributed by atoms with Gasteiger partial charge in [-0.15, -0.1) is 0 Å². The molecule has 9 heteroatoms.